The number of imide groups is 1. The van der Waals surface area contributed by atoms with Gasteiger partial charge < -0.3 is 10.6 Å². The summed E-state index contributed by atoms with van der Waals surface area (Å²) in [5.41, 5.74) is 0.537. The Morgan fingerprint density at radius 2 is 1.92 bits per heavy atom. The number of halogens is 1. The first-order valence-corrected chi connectivity index (χ1v) is 9.17. The molecule has 2 N–H and O–H groups in total. The quantitative estimate of drug-likeness (QED) is 0.743. The van der Waals surface area contributed by atoms with E-state index in [0.717, 1.165) is 14.2 Å². The highest BCUT2D eigenvalue weighted by Gasteiger charge is 2.50. The molecule has 6 nitrogen and oxygen atoms in total. The number of nitrogens with zero attached hydrogens (tertiary/aromatic N) is 1. The van der Waals surface area contributed by atoms with Crippen LogP contribution in [-0.4, -0.2) is 29.3 Å². The smallest absolute Gasteiger partial charge is 0.325 e. The Morgan fingerprint density at radius 3 is 2.52 bits per heavy atom. The molecule has 0 bridgehead atoms. The van der Waals surface area contributed by atoms with E-state index in [-0.39, 0.29) is 6.54 Å². The van der Waals surface area contributed by atoms with Crippen LogP contribution in [-0.2, 0) is 15.1 Å². The molecule has 1 aromatic heterocycles. The standard InChI is InChI=1S/C17H16BrN3O3S/c1-10-3-5-11(6-4-10)19-14(22)9-21-15(23)17(2,20-16(21)24)12-7-8-13(18)25-12/h3-8H,9H2,1-2H3,(H,19,22)(H,20,24). The number of anilines is 1. The molecule has 3 rings (SSSR count). The average molecular weight is 422 g/mol. The van der Waals surface area contributed by atoms with Gasteiger partial charge in [0.15, 0.2) is 5.54 Å². The van der Waals surface area contributed by atoms with Gasteiger partial charge in [0.05, 0.1) is 3.79 Å². The molecular weight excluding hydrogens is 406 g/mol. The molecule has 0 saturated carbocycles. The molecule has 130 valence electrons. The summed E-state index contributed by atoms with van der Waals surface area (Å²) in [6.07, 6.45) is 0. The molecule has 1 fully saturated rings. The summed E-state index contributed by atoms with van der Waals surface area (Å²) in [4.78, 5) is 38.8. The van der Waals surface area contributed by atoms with Crippen molar-refractivity contribution >= 4 is 50.8 Å². The SMILES string of the molecule is Cc1ccc(NC(=O)CN2C(=O)NC(C)(c3ccc(Br)s3)C2=O)cc1. The monoisotopic (exact) mass is 421 g/mol. The molecule has 1 aromatic carbocycles. The maximum absolute atomic E-state index is 12.7. The van der Waals surface area contributed by atoms with Crippen molar-refractivity contribution < 1.29 is 14.4 Å². The van der Waals surface area contributed by atoms with E-state index in [1.807, 2.05) is 25.1 Å². The molecule has 0 spiro atoms. The zero-order valence-corrected chi connectivity index (χ0v) is 16.0. The van der Waals surface area contributed by atoms with Crippen molar-refractivity contribution in [2.75, 3.05) is 11.9 Å². The van der Waals surface area contributed by atoms with Crippen LogP contribution in [0.5, 0.6) is 0 Å². The minimum atomic E-state index is -1.15. The maximum Gasteiger partial charge on any atom is 0.325 e. The fraction of sp³-hybridized carbons (Fsp3) is 0.235. The first-order valence-electron chi connectivity index (χ1n) is 7.56. The lowest BCUT2D eigenvalue weighted by molar-refractivity contribution is -0.133. The second-order valence-electron chi connectivity index (χ2n) is 5.96. The molecule has 2 aromatic rings. The van der Waals surface area contributed by atoms with Crippen LogP contribution in [0.4, 0.5) is 10.5 Å². The highest BCUT2D eigenvalue weighted by molar-refractivity contribution is 9.11. The number of carbonyl (C=O) groups excluding carboxylic acids is 3. The first kappa shape index (κ1) is 17.6. The predicted molar refractivity (Wildman–Crippen MR) is 99.4 cm³/mol. The van der Waals surface area contributed by atoms with Crippen molar-refractivity contribution in [1.29, 1.82) is 0 Å². The molecule has 8 heteroatoms. The van der Waals surface area contributed by atoms with Crippen LogP contribution in [0, 0.1) is 6.92 Å². The number of aryl methyl sites for hydroxylation is 1. The van der Waals surface area contributed by atoms with Crippen LogP contribution in [0.1, 0.15) is 17.4 Å². The van der Waals surface area contributed by atoms with E-state index in [9.17, 15) is 14.4 Å². The summed E-state index contributed by atoms with van der Waals surface area (Å²) < 4.78 is 0.862. The van der Waals surface area contributed by atoms with Crippen LogP contribution in [0.15, 0.2) is 40.2 Å². The van der Waals surface area contributed by atoms with Gasteiger partial charge in [-0.15, -0.1) is 11.3 Å². The topological polar surface area (TPSA) is 78.5 Å². The summed E-state index contributed by atoms with van der Waals surface area (Å²) in [5.74, 6) is -0.866. The van der Waals surface area contributed by atoms with E-state index in [4.69, 9.17) is 0 Å². The lowest BCUT2D eigenvalue weighted by Crippen LogP contribution is -2.41. The normalized spacial score (nSPS) is 19.9. The van der Waals surface area contributed by atoms with Crippen LogP contribution < -0.4 is 10.6 Å². The van der Waals surface area contributed by atoms with Gasteiger partial charge in [-0.3, -0.25) is 14.5 Å². The second kappa shape index (κ2) is 6.61. The average Bonchev–Trinajstić information content (AvgIpc) is 3.08. The second-order valence-corrected chi connectivity index (χ2v) is 8.43. The van der Waals surface area contributed by atoms with Gasteiger partial charge in [0.2, 0.25) is 5.91 Å². The van der Waals surface area contributed by atoms with Gasteiger partial charge in [-0.1, -0.05) is 17.7 Å². The number of urea groups is 1. The van der Waals surface area contributed by atoms with E-state index in [2.05, 4.69) is 26.6 Å². The highest BCUT2D eigenvalue weighted by atomic mass is 79.9. The molecule has 2 heterocycles. The van der Waals surface area contributed by atoms with Crippen LogP contribution in [0.2, 0.25) is 0 Å². The van der Waals surface area contributed by atoms with E-state index < -0.39 is 23.4 Å². The number of thiophene rings is 1. The summed E-state index contributed by atoms with van der Waals surface area (Å²) >= 11 is 4.72. The van der Waals surface area contributed by atoms with Gasteiger partial charge in [0.25, 0.3) is 5.91 Å². The van der Waals surface area contributed by atoms with Gasteiger partial charge in [-0.05, 0) is 54.0 Å². The van der Waals surface area contributed by atoms with Gasteiger partial charge in [-0.2, -0.15) is 0 Å². The third-order valence-electron chi connectivity index (χ3n) is 3.98. The Hall–Kier alpha value is -2.19. The Bertz CT molecular complexity index is 849. The molecule has 1 saturated heterocycles. The Kier molecular flexibility index (Phi) is 4.66. The summed E-state index contributed by atoms with van der Waals surface area (Å²) in [5, 5.41) is 5.37. The zero-order chi connectivity index (χ0) is 18.2. The largest absolute Gasteiger partial charge is 0.325 e. The van der Waals surface area contributed by atoms with Crippen LogP contribution in [0.25, 0.3) is 0 Å². The molecular formula is C17H16BrN3O3S. The van der Waals surface area contributed by atoms with Crippen molar-refractivity contribution in [3.8, 4) is 0 Å². The molecule has 25 heavy (non-hydrogen) atoms. The van der Waals surface area contributed by atoms with Gasteiger partial charge in [0.1, 0.15) is 6.54 Å². The number of nitrogens with one attached hydrogen (secondary N) is 2. The molecule has 0 aliphatic carbocycles. The number of benzene rings is 1. The minimum Gasteiger partial charge on any atom is -0.325 e. The lowest BCUT2D eigenvalue weighted by atomic mass is 10.0. The number of hydrogen-bond donors (Lipinski definition) is 2. The molecule has 1 unspecified atom stereocenters. The van der Waals surface area contributed by atoms with E-state index in [0.29, 0.717) is 10.6 Å². The van der Waals surface area contributed by atoms with Crippen LogP contribution >= 0.6 is 27.3 Å². The number of carbonyl (C=O) groups is 3. The number of amides is 4. The van der Waals surface area contributed by atoms with Crippen molar-refractivity contribution in [2.24, 2.45) is 0 Å². The van der Waals surface area contributed by atoms with E-state index in [1.165, 1.54) is 11.3 Å². The highest BCUT2D eigenvalue weighted by Crippen LogP contribution is 2.35. The van der Waals surface area contributed by atoms with Crippen molar-refractivity contribution in [1.82, 2.24) is 10.2 Å². The Balaban J connectivity index is 1.72. The van der Waals surface area contributed by atoms with E-state index in [1.54, 1.807) is 25.1 Å². The van der Waals surface area contributed by atoms with Gasteiger partial charge >= 0.3 is 6.03 Å². The number of rotatable bonds is 4. The fourth-order valence-electron chi connectivity index (χ4n) is 2.57. The maximum atomic E-state index is 12.7. The molecule has 0 radical (unpaired) electrons. The first-order chi connectivity index (χ1) is 11.8. The zero-order valence-electron chi connectivity index (χ0n) is 13.6. The molecule has 4 amide bonds. The van der Waals surface area contributed by atoms with E-state index >= 15 is 0 Å². The molecule has 1 atom stereocenters. The summed E-state index contributed by atoms with van der Waals surface area (Å²) in [6, 6.07) is 10.3. The minimum absolute atomic E-state index is 0.333. The fourth-order valence-corrected chi connectivity index (χ4v) is 4.05. The van der Waals surface area contributed by atoms with Crippen LogP contribution in [0.3, 0.4) is 0 Å². The number of hydrogen-bond acceptors (Lipinski definition) is 4. The molecule has 1 aliphatic rings. The molecule has 1 aliphatic heterocycles. The third-order valence-corrected chi connectivity index (χ3v) is 5.82. The Morgan fingerprint density at radius 1 is 1.24 bits per heavy atom. The van der Waals surface area contributed by atoms with Gasteiger partial charge in [-0.25, -0.2) is 4.79 Å². The van der Waals surface area contributed by atoms with Crippen molar-refractivity contribution in [3.05, 3.63) is 50.6 Å². The third kappa shape index (κ3) is 3.45. The Labute approximate surface area is 157 Å². The summed E-state index contributed by atoms with van der Waals surface area (Å²) in [7, 11) is 0. The van der Waals surface area contributed by atoms with Crippen molar-refractivity contribution in [2.45, 2.75) is 19.4 Å². The lowest BCUT2D eigenvalue weighted by Gasteiger charge is -2.20. The summed E-state index contributed by atoms with van der Waals surface area (Å²) in [6.45, 7) is 3.26. The van der Waals surface area contributed by atoms with Crippen molar-refractivity contribution in [3.63, 3.8) is 0 Å². The predicted octanol–water partition coefficient (Wildman–Crippen LogP) is 3.22. The van der Waals surface area contributed by atoms with Gasteiger partial charge in [0, 0.05) is 10.6 Å².